The van der Waals surface area contributed by atoms with Gasteiger partial charge in [-0.25, -0.2) is 0 Å². The summed E-state index contributed by atoms with van der Waals surface area (Å²) >= 11 is 0. The average molecular weight is 249 g/mol. The topological polar surface area (TPSA) is 12.9 Å². The molecule has 0 N–H and O–H groups in total. The third-order valence-corrected chi connectivity index (χ3v) is 2.51. The molecule has 0 bridgehead atoms. The molecule has 18 heavy (non-hydrogen) atoms. The van der Waals surface area contributed by atoms with Gasteiger partial charge in [-0.15, -0.1) is 0 Å². The lowest BCUT2D eigenvalue weighted by Gasteiger charge is -2.08. The van der Waals surface area contributed by atoms with Crippen molar-refractivity contribution in [2.45, 2.75) is 6.18 Å². The fourth-order valence-electron chi connectivity index (χ4n) is 1.55. The molecule has 0 fully saturated rings. The first kappa shape index (κ1) is 12.4. The van der Waals surface area contributed by atoms with E-state index in [1.807, 2.05) is 0 Å². The van der Waals surface area contributed by atoms with Crippen molar-refractivity contribution in [3.05, 3.63) is 60.3 Å². The number of hydrogen-bond acceptors (Lipinski definition) is 1. The predicted molar refractivity (Wildman–Crippen MR) is 64.8 cm³/mol. The highest BCUT2D eigenvalue weighted by Crippen LogP contribution is 2.31. The van der Waals surface area contributed by atoms with Crippen LogP contribution in [-0.4, -0.2) is 4.98 Å². The maximum Gasteiger partial charge on any atom is 0.416 e. The second kappa shape index (κ2) is 4.64. The van der Waals surface area contributed by atoms with Crippen LogP contribution >= 0.6 is 0 Å². The van der Waals surface area contributed by atoms with Crippen molar-refractivity contribution < 1.29 is 13.2 Å². The molecule has 1 aromatic carbocycles. The van der Waals surface area contributed by atoms with Gasteiger partial charge >= 0.3 is 6.18 Å². The lowest BCUT2D eigenvalue weighted by molar-refractivity contribution is -0.137. The summed E-state index contributed by atoms with van der Waals surface area (Å²) in [5, 5.41) is 0. The van der Waals surface area contributed by atoms with Crippen LogP contribution in [0.5, 0.6) is 0 Å². The Kier molecular flexibility index (Phi) is 3.19. The highest BCUT2D eigenvalue weighted by atomic mass is 19.4. The predicted octanol–water partition coefficient (Wildman–Crippen LogP) is 4.41. The third kappa shape index (κ3) is 2.59. The molecule has 4 heteroatoms. The third-order valence-electron chi connectivity index (χ3n) is 2.51. The van der Waals surface area contributed by atoms with Crippen LogP contribution < -0.4 is 0 Å². The van der Waals surface area contributed by atoms with Crippen LogP contribution in [0.3, 0.4) is 0 Å². The van der Waals surface area contributed by atoms with E-state index in [0.29, 0.717) is 11.3 Å². The molecule has 1 nitrogen and oxygen atoms in total. The van der Waals surface area contributed by atoms with E-state index in [1.54, 1.807) is 30.5 Å². The molecule has 0 amide bonds. The lowest BCUT2D eigenvalue weighted by atomic mass is 10.1. The van der Waals surface area contributed by atoms with E-state index in [9.17, 15) is 13.2 Å². The minimum atomic E-state index is -4.34. The number of nitrogens with zero attached hydrogens (tertiary/aromatic N) is 1. The van der Waals surface area contributed by atoms with Gasteiger partial charge in [0.25, 0.3) is 0 Å². The van der Waals surface area contributed by atoms with E-state index in [0.717, 1.165) is 17.7 Å². The Morgan fingerprint density at radius 1 is 1.11 bits per heavy atom. The van der Waals surface area contributed by atoms with Crippen LogP contribution in [0.1, 0.15) is 11.1 Å². The van der Waals surface area contributed by atoms with Crippen molar-refractivity contribution in [3.8, 4) is 11.3 Å². The second-order valence-corrected chi connectivity index (χ2v) is 3.76. The first-order valence-electron chi connectivity index (χ1n) is 5.27. The smallest absolute Gasteiger partial charge is 0.256 e. The fourth-order valence-corrected chi connectivity index (χ4v) is 1.55. The van der Waals surface area contributed by atoms with Crippen molar-refractivity contribution in [1.82, 2.24) is 4.98 Å². The SMILES string of the molecule is C=Cc1ccc(-c2cccc(C(F)(F)F)c2)nc1. The van der Waals surface area contributed by atoms with Gasteiger partial charge < -0.3 is 0 Å². The Hall–Kier alpha value is -2.10. The van der Waals surface area contributed by atoms with Crippen molar-refractivity contribution in [1.29, 1.82) is 0 Å². The summed E-state index contributed by atoms with van der Waals surface area (Å²) in [4.78, 5) is 4.10. The quantitative estimate of drug-likeness (QED) is 0.768. The van der Waals surface area contributed by atoms with E-state index in [4.69, 9.17) is 0 Å². The van der Waals surface area contributed by atoms with Crippen LogP contribution in [-0.2, 0) is 6.18 Å². The van der Waals surface area contributed by atoms with Crippen LogP contribution in [0, 0.1) is 0 Å². The largest absolute Gasteiger partial charge is 0.416 e. The summed E-state index contributed by atoms with van der Waals surface area (Å²) in [5.41, 5.74) is 1.10. The molecule has 0 aliphatic heterocycles. The Balaban J connectivity index is 2.41. The van der Waals surface area contributed by atoms with Gasteiger partial charge in [-0.2, -0.15) is 13.2 Å². The standard InChI is InChI=1S/C14H10F3N/c1-2-10-6-7-13(18-9-10)11-4-3-5-12(8-11)14(15,16)17/h2-9H,1H2. The summed E-state index contributed by atoms with van der Waals surface area (Å²) < 4.78 is 37.7. The molecule has 0 aliphatic rings. The number of pyridine rings is 1. The number of rotatable bonds is 2. The molecular weight excluding hydrogens is 239 g/mol. The van der Waals surface area contributed by atoms with E-state index >= 15 is 0 Å². The summed E-state index contributed by atoms with van der Waals surface area (Å²) in [6.45, 7) is 3.59. The van der Waals surface area contributed by atoms with Gasteiger partial charge in [0.05, 0.1) is 11.3 Å². The Bertz CT molecular complexity index is 556. The number of aromatic nitrogens is 1. The van der Waals surface area contributed by atoms with Crippen LogP contribution in [0.15, 0.2) is 49.2 Å². The van der Waals surface area contributed by atoms with Gasteiger partial charge in [0, 0.05) is 11.8 Å². The zero-order valence-corrected chi connectivity index (χ0v) is 9.41. The molecular formula is C14H10F3N. The molecule has 1 aromatic heterocycles. The maximum atomic E-state index is 12.6. The number of halogens is 3. The minimum Gasteiger partial charge on any atom is -0.256 e. The molecule has 92 valence electrons. The number of hydrogen-bond donors (Lipinski definition) is 0. The molecule has 0 spiro atoms. The maximum absolute atomic E-state index is 12.6. The van der Waals surface area contributed by atoms with Gasteiger partial charge in [-0.3, -0.25) is 4.98 Å². The first-order valence-corrected chi connectivity index (χ1v) is 5.27. The molecule has 0 unspecified atom stereocenters. The van der Waals surface area contributed by atoms with Crippen LogP contribution in [0.4, 0.5) is 13.2 Å². The first-order chi connectivity index (χ1) is 8.50. The molecule has 2 rings (SSSR count). The Morgan fingerprint density at radius 3 is 2.44 bits per heavy atom. The van der Waals surface area contributed by atoms with Gasteiger partial charge in [0.2, 0.25) is 0 Å². The van der Waals surface area contributed by atoms with Gasteiger partial charge in [0.15, 0.2) is 0 Å². The molecule has 0 atom stereocenters. The average Bonchev–Trinajstić information content (AvgIpc) is 2.38. The van der Waals surface area contributed by atoms with Gasteiger partial charge in [-0.1, -0.05) is 30.9 Å². The second-order valence-electron chi connectivity index (χ2n) is 3.76. The highest BCUT2D eigenvalue weighted by molar-refractivity contribution is 5.61. The Labute approximate surface area is 103 Å². The van der Waals surface area contributed by atoms with Crippen molar-refractivity contribution >= 4 is 6.08 Å². The fraction of sp³-hybridized carbons (Fsp3) is 0.0714. The minimum absolute atomic E-state index is 0.445. The molecule has 1 heterocycles. The van der Waals surface area contributed by atoms with Gasteiger partial charge in [0.1, 0.15) is 0 Å². The van der Waals surface area contributed by atoms with E-state index in [2.05, 4.69) is 11.6 Å². The molecule has 2 aromatic rings. The highest BCUT2D eigenvalue weighted by Gasteiger charge is 2.30. The monoisotopic (exact) mass is 249 g/mol. The van der Waals surface area contributed by atoms with Gasteiger partial charge in [-0.05, 0) is 23.8 Å². The van der Waals surface area contributed by atoms with E-state index in [-0.39, 0.29) is 0 Å². The van der Waals surface area contributed by atoms with Crippen molar-refractivity contribution in [2.24, 2.45) is 0 Å². The zero-order chi connectivity index (χ0) is 13.2. The summed E-state index contributed by atoms with van der Waals surface area (Å²) in [6.07, 6.45) is -1.14. The number of alkyl halides is 3. The Morgan fingerprint density at radius 2 is 1.89 bits per heavy atom. The molecule has 0 saturated heterocycles. The molecule has 0 aliphatic carbocycles. The number of benzene rings is 1. The van der Waals surface area contributed by atoms with Crippen LogP contribution in [0.2, 0.25) is 0 Å². The van der Waals surface area contributed by atoms with E-state index < -0.39 is 11.7 Å². The summed E-state index contributed by atoms with van der Waals surface area (Å²) in [7, 11) is 0. The van der Waals surface area contributed by atoms with Crippen molar-refractivity contribution in [3.63, 3.8) is 0 Å². The van der Waals surface area contributed by atoms with E-state index in [1.165, 1.54) is 6.07 Å². The lowest BCUT2D eigenvalue weighted by Crippen LogP contribution is -2.04. The van der Waals surface area contributed by atoms with Crippen LogP contribution in [0.25, 0.3) is 17.3 Å². The normalized spacial score (nSPS) is 11.3. The summed E-state index contributed by atoms with van der Waals surface area (Å²) in [5.74, 6) is 0. The molecule has 0 saturated carbocycles. The summed E-state index contributed by atoms with van der Waals surface area (Å²) in [6, 6.07) is 8.55. The van der Waals surface area contributed by atoms with Crippen molar-refractivity contribution in [2.75, 3.05) is 0 Å². The zero-order valence-electron chi connectivity index (χ0n) is 9.41. The molecule has 0 radical (unpaired) electrons.